The number of nitrogens with zero attached hydrogens (tertiary/aromatic N) is 4. The number of carbonyl (C=O) groups is 2. The molecule has 3 aliphatic heterocycles. The van der Waals surface area contributed by atoms with E-state index in [0.29, 0.717) is 31.4 Å². The standard InChI is InChI=1S/C25H28F3N5O5/c1-12-4-5-25(8-19(30(2)3)33(38-25)10-14-16(27)6-13(26)7-17(14)28)18-11-31(12)24(37)20-22(35)21(34)15(23(29)36)9-32(18)20/h6-7,9,12,18-19,35H,4-5,8,10-11H2,1-3H3,(H2,29,36)/t12-,18+,19?,25-/m0/s1. The zero-order valence-electron chi connectivity index (χ0n) is 21.1. The van der Waals surface area contributed by atoms with E-state index in [1.807, 2.05) is 11.8 Å². The molecule has 1 spiro atoms. The predicted molar refractivity (Wildman–Crippen MR) is 127 cm³/mol. The Labute approximate surface area is 215 Å². The van der Waals surface area contributed by atoms with Crippen LogP contribution in [-0.4, -0.2) is 74.8 Å². The van der Waals surface area contributed by atoms with E-state index in [1.165, 1.54) is 15.8 Å². The second kappa shape index (κ2) is 9.10. The Balaban J connectivity index is 1.64. The van der Waals surface area contributed by atoms with Crippen molar-refractivity contribution in [3.63, 3.8) is 0 Å². The van der Waals surface area contributed by atoms with Crippen molar-refractivity contribution in [2.75, 3.05) is 20.6 Å². The number of aromatic nitrogens is 1. The number of halogens is 3. The number of benzene rings is 1. The molecule has 2 amide bonds. The SMILES string of the molecule is C[C@H]1CC[C@]2(CC(N(C)C)N(Cc3c(F)cc(F)cc3F)O2)[C@H]2CN1C(=O)c1c(O)c(=O)c(C(N)=O)cn12. The topological polar surface area (TPSA) is 121 Å². The third-order valence-electron chi connectivity index (χ3n) is 7.94. The molecule has 1 aromatic carbocycles. The Hall–Kier alpha value is -3.42. The van der Waals surface area contributed by atoms with E-state index in [0.717, 1.165) is 0 Å². The number of amides is 2. The lowest BCUT2D eigenvalue weighted by Gasteiger charge is -2.42. The number of nitrogens with two attached hydrogens (primary N) is 1. The maximum absolute atomic E-state index is 14.6. The van der Waals surface area contributed by atoms with Crippen molar-refractivity contribution in [3.05, 3.63) is 62.8 Å². The highest BCUT2D eigenvalue weighted by Crippen LogP contribution is 2.49. The van der Waals surface area contributed by atoms with E-state index in [4.69, 9.17) is 10.6 Å². The van der Waals surface area contributed by atoms with Crippen LogP contribution in [0.1, 0.15) is 58.6 Å². The summed E-state index contributed by atoms with van der Waals surface area (Å²) in [5, 5.41) is 12.1. The summed E-state index contributed by atoms with van der Waals surface area (Å²) in [5.74, 6) is -5.63. The molecule has 1 unspecified atom stereocenters. The largest absolute Gasteiger partial charge is 0.503 e. The van der Waals surface area contributed by atoms with Crippen LogP contribution in [0.2, 0.25) is 0 Å². The molecule has 2 bridgehead atoms. The lowest BCUT2D eigenvalue weighted by Crippen LogP contribution is -2.52. The van der Waals surface area contributed by atoms with E-state index < -0.39 is 63.8 Å². The fraction of sp³-hybridized carbons (Fsp3) is 0.480. The predicted octanol–water partition coefficient (Wildman–Crippen LogP) is 1.71. The van der Waals surface area contributed by atoms with Gasteiger partial charge in [0, 0.05) is 42.9 Å². The molecule has 2 saturated heterocycles. The van der Waals surface area contributed by atoms with Gasteiger partial charge in [0.05, 0.1) is 18.8 Å². The first kappa shape index (κ1) is 26.2. The summed E-state index contributed by atoms with van der Waals surface area (Å²) in [6, 6.07) is 0.257. The molecule has 5 rings (SSSR count). The molecule has 2 aromatic rings. The minimum atomic E-state index is -1.06. The number of carbonyl (C=O) groups excluding carboxylic acids is 2. The number of rotatable bonds is 4. The average Bonchev–Trinajstić information content (AvgIpc) is 3.15. The molecule has 0 radical (unpaired) electrons. The van der Waals surface area contributed by atoms with Crippen LogP contribution in [0.4, 0.5) is 13.2 Å². The molecule has 4 atom stereocenters. The first-order chi connectivity index (χ1) is 17.8. The van der Waals surface area contributed by atoms with Crippen LogP contribution in [0.5, 0.6) is 5.75 Å². The van der Waals surface area contributed by atoms with E-state index >= 15 is 0 Å². The van der Waals surface area contributed by atoms with E-state index in [9.17, 15) is 32.7 Å². The minimum Gasteiger partial charge on any atom is -0.503 e. The van der Waals surface area contributed by atoms with Crippen molar-refractivity contribution in [2.45, 2.75) is 56.6 Å². The quantitative estimate of drug-likeness (QED) is 0.612. The smallest absolute Gasteiger partial charge is 0.274 e. The molecule has 10 nitrogen and oxygen atoms in total. The third kappa shape index (κ3) is 3.96. The van der Waals surface area contributed by atoms with E-state index in [-0.39, 0.29) is 30.4 Å². The van der Waals surface area contributed by atoms with Crippen molar-refractivity contribution in [1.82, 2.24) is 19.4 Å². The highest BCUT2D eigenvalue weighted by Gasteiger charge is 2.57. The number of hydrogen-bond donors (Lipinski definition) is 2. The Morgan fingerprint density at radius 1 is 1.24 bits per heavy atom. The van der Waals surface area contributed by atoms with Gasteiger partial charge in [-0.2, -0.15) is 5.06 Å². The first-order valence-corrected chi connectivity index (χ1v) is 12.2. The molecule has 13 heteroatoms. The Morgan fingerprint density at radius 2 is 1.89 bits per heavy atom. The van der Waals surface area contributed by atoms with Gasteiger partial charge in [0.25, 0.3) is 11.8 Å². The Kier molecular flexibility index (Phi) is 6.27. The molecule has 3 aliphatic rings. The second-order valence-corrected chi connectivity index (χ2v) is 10.4. The van der Waals surface area contributed by atoms with Gasteiger partial charge in [-0.1, -0.05) is 0 Å². The van der Waals surface area contributed by atoms with Crippen LogP contribution in [0, 0.1) is 17.5 Å². The van der Waals surface area contributed by atoms with Gasteiger partial charge in [0.1, 0.15) is 28.6 Å². The maximum Gasteiger partial charge on any atom is 0.274 e. The summed E-state index contributed by atoms with van der Waals surface area (Å²) in [4.78, 5) is 47.8. The van der Waals surface area contributed by atoms with Crippen LogP contribution < -0.4 is 11.2 Å². The van der Waals surface area contributed by atoms with Gasteiger partial charge in [0.2, 0.25) is 5.43 Å². The highest BCUT2D eigenvalue weighted by atomic mass is 19.1. The molecule has 3 N–H and O–H groups in total. The number of fused-ring (bicyclic) bond motifs is 5. The molecule has 1 aromatic heterocycles. The number of primary amides is 1. The van der Waals surface area contributed by atoms with Crippen LogP contribution in [0.3, 0.4) is 0 Å². The van der Waals surface area contributed by atoms with Gasteiger partial charge in [-0.3, -0.25) is 24.1 Å². The molecule has 38 heavy (non-hydrogen) atoms. The van der Waals surface area contributed by atoms with Gasteiger partial charge in [-0.25, -0.2) is 13.2 Å². The maximum atomic E-state index is 14.6. The summed E-state index contributed by atoms with van der Waals surface area (Å²) in [7, 11) is 3.55. The van der Waals surface area contributed by atoms with Gasteiger partial charge < -0.3 is 20.3 Å². The van der Waals surface area contributed by atoms with Crippen molar-refractivity contribution < 1.29 is 32.7 Å². The Bertz CT molecular complexity index is 1380. The lowest BCUT2D eigenvalue weighted by molar-refractivity contribution is -0.237. The second-order valence-electron chi connectivity index (χ2n) is 10.4. The normalized spacial score (nSPS) is 27.2. The van der Waals surface area contributed by atoms with Gasteiger partial charge in [-0.15, -0.1) is 0 Å². The van der Waals surface area contributed by atoms with Gasteiger partial charge in [0.15, 0.2) is 11.4 Å². The summed E-state index contributed by atoms with van der Waals surface area (Å²) < 4.78 is 44.0. The first-order valence-electron chi connectivity index (χ1n) is 12.2. The van der Waals surface area contributed by atoms with Crippen LogP contribution >= 0.6 is 0 Å². The minimum absolute atomic E-state index is 0.140. The van der Waals surface area contributed by atoms with Crippen LogP contribution in [-0.2, 0) is 11.4 Å². The number of hydrogen-bond acceptors (Lipinski definition) is 7. The van der Waals surface area contributed by atoms with E-state index in [2.05, 4.69) is 0 Å². The number of aromatic hydroxyl groups is 1. The number of pyridine rings is 1. The molecule has 204 valence electrons. The van der Waals surface area contributed by atoms with Crippen LogP contribution in [0.15, 0.2) is 23.1 Å². The molecular formula is C25H28F3N5O5. The zero-order valence-corrected chi connectivity index (χ0v) is 21.1. The summed E-state index contributed by atoms with van der Waals surface area (Å²) in [5.41, 5.74) is 2.17. The molecular weight excluding hydrogens is 507 g/mol. The Morgan fingerprint density at radius 3 is 2.50 bits per heavy atom. The van der Waals surface area contributed by atoms with Crippen molar-refractivity contribution in [2.24, 2.45) is 5.73 Å². The third-order valence-corrected chi connectivity index (χ3v) is 7.94. The fourth-order valence-corrected chi connectivity index (χ4v) is 5.87. The summed E-state index contributed by atoms with van der Waals surface area (Å²) in [6.45, 7) is 1.65. The zero-order chi connectivity index (χ0) is 27.7. The van der Waals surface area contributed by atoms with Crippen molar-refractivity contribution >= 4 is 11.8 Å². The van der Waals surface area contributed by atoms with E-state index in [1.54, 1.807) is 19.0 Å². The van der Waals surface area contributed by atoms with Gasteiger partial charge >= 0.3 is 0 Å². The molecule has 2 fully saturated rings. The molecule has 0 saturated carbocycles. The summed E-state index contributed by atoms with van der Waals surface area (Å²) >= 11 is 0. The molecule has 0 aliphatic carbocycles. The average molecular weight is 536 g/mol. The monoisotopic (exact) mass is 535 g/mol. The van der Waals surface area contributed by atoms with Gasteiger partial charge in [-0.05, 0) is 33.9 Å². The number of hydroxylamine groups is 2. The van der Waals surface area contributed by atoms with Crippen LogP contribution in [0.25, 0.3) is 0 Å². The van der Waals surface area contributed by atoms with Crippen molar-refractivity contribution in [3.8, 4) is 5.75 Å². The highest BCUT2D eigenvalue weighted by molar-refractivity contribution is 5.99. The van der Waals surface area contributed by atoms with Crippen molar-refractivity contribution in [1.29, 1.82) is 0 Å². The fourth-order valence-electron chi connectivity index (χ4n) is 5.87. The summed E-state index contributed by atoms with van der Waals surface area (Å²) in [6.07, 6.45) is 1.92. The lowest BCUT2D eigenvalue weighted by atomic mass is 9.84. The molecule has 4 heterocycles.